The zero-order valence-electron chi connectivity index (χ0n) is 9.96. The fourth-order valence-electron chi connectivity index (χ4n) is 2.13. The fraction of sp³-hybridized carbons (Fsp3) is 0.818. The number of carbonyl (C=O) groups excluding carboxylic acids is 1. The maximum atomic E-state index is 12.1. The van der Waals surface area contributed by atoms with Crippen molar-refractivity contribution in [1.29, 1.82) is 5.41 Å². The van der Waals surface area contributed by atoms with E-state index in [1.165, 1.54) is 6.42 Å². The van der Waals surface area contributed by atoms with E-state index < -0.39 is 0 Å². The number of nitrogens with zero attached hydrogens (tertiary/aromatic N) is 1. The Labute approximate surface area is 96.9 Å². The van der Waals surface area contributed by atoms with E-state index in [-0.39, 0.29) is 17.8 Å². The quantitative estimate of drug-likeness (QED) is 0.377. The van der Waals surface area contributed by atoms with Crippen molar-refractivity contribution in [3.63, 3.8) is 0 Å². The van der Waals surface area contributed by atoms with Gasteiger partial charge in [0.15, 0.2) is 5.96 Å². The molecule has 0 aromatic rings. The van der Waals surface area contributed by atoms with Gasteiger partial charge in [-0.1, -0.05) is 19.3 Å². The van der Waals surface area contributed by atoms with Crippen molar-refractivity contribution in [1.82, 2.24) is 10.2 Å². The second kappa shape index (κ2) is 6.35. The second-order valence-corrected chi connectivity index (χ2v) is 4.28. The van der Waals surface area contributed by atoms with Crippen molar-refractivity contribution in [2.45, 2.75) is 39.0 Å². The Bertz CT molecular complexity index is 248. The Hall–Kier alpha value is -1.26. The van der Waals surface area contributed by atoms with Gasteiger partial charge in [0.05, 0.1) is 6.67 Å². The van der Waals surface area contributed by atoms with Gasteiger partial charge in [-0.25, -0.2) is 0 Å². The maximum absolute atomic E-state index is 12.1. The van der Waals surface area contributed by atoms with E-state index in [0.717, 1.165) is 25.7 Å². The Morgan fingerprint density at radius 2 is 2.06 bits per heavy atom. The fourth-order valence-corrected chi connectivity index (χ4v) is 2.13. The number of rotatable bonds is 4. The van der Waals surface area contributed by atoms with Gasteiger partial charge in [-0.15, -0.1) is 0 Å². The molecule has 92 valence electrons. The number of guanidine groups is 1. The van der Waals surface area contributed by atoms with Gasteiger partial charge in [0.1, 0.15) is 0 Å². The smallest absolute Gasteiger partial charge is 0.227 e. The van der Waals surface area contributed by atoms with Gasteiger partial charge in [0, 0.05) is 12.5 Å². The first kappa shape index (κ1) is 12.8. The van der Waals surface area contributed by atoms with Crippen LogP contribution in [-0.4, -0.2) is 30.0 Å². The molecule has 1 aliphatic carbocycles. The molecule has 0 spiro atoms. The first-order valence-electron chi connectivity index (χ1n) is 6.01. The van der Waals surface area contributed by atoms with E-state index >= 15 is 0 Å². The Balaban J connectivity index is 2.44. The van der Waals surface area contributed by atoms with Gasteiger partial charge in [0.25, 0.3) is 0 Å². The summed E-state index contributed by atoms with van der Waals surface area (Å²) in [6.07, 6.45) is 5.59. The minimum Gasteiger partial charge on any atom is -0.370 e. The third-order valence-electron chi connectivity index (χ3n) is 3.11. The normalized spacial score (nSPS) is 16.8. The van der Waals surface area contributed by atoms with Crippen LogP contribution in [0.15, 0.2) is 0 Å². The highest BCUT2D eigenvalue weighted by atomic mass is 16.2. The Kier molecular flexibility index (Phi) is 5.08. The minimum atomic E-state index is -0.0881. The molecule has 0 aromatic carbocycles. The molecule has 1 fully saturated rings. The van der Waals surface area contributed by atoms with Crippen molar-refractivity contribution in [3.8, 4) is 0 Å². The molecule has 1 amide bonds. The standard InChI is InChI=1S/C11H22N4O/c1-2-15(8-14-11(12)13)10(16)9-6-4-3-5-7-9/h9H,2-8H2,1H3,(H4,12,13,14). The second-order valence-electron chi connectivity index (χ2n) is 4.28. The molecule has 5 heteroatoms. The number of hydrogen-bond donors (Lipinski definition) is 3. The lowest BCUT2D eigenvalue weighted by atomic mass is 9.88. The largest absolute Gasteiger partial charge is 0.370 e. The summed E-state index contributed by atoms with van der Waals surface area (Å²) >= 11 is 0. The van der Waals surface area contributed by atoms with E-state index in [2.05, 4.69) is 5.32 Å². The molecule has 16 heavy (non-hydrogen) atoms. The van der Waals surface area contributed by atoms with Gasteiger partial charge >= 0.3 is 0 Å². The van der Waals surface area contributed by atoms with Crippen LogP contribution >= 0.6 is 0 Å². The average Bonchev–Trinajstić information content (AvgIpc) is 2.30. The summed E-state index contributed by atoms with van der Waals surface area (Å²) < 4.78 is 0. The molecule has 5 nitrogen and oxygen atoms in total. The number of nitrogens with one attached hydrogen (secondary N) is 2. The van der Waals surface area contributed by atoms with Crippen LogP contribution in [0.1, 0.15) is 39.0 Å². The van der Waals surface area contributed by atoms with E-state index in [9.17, 15) is 4.79 Å². The number of hydrogen-bond acceptors (Lipinski definition) is 2. The highest BCUT2D eigenvalue weighted by Gasteiger charge is 2.24. The predicted molar refractivity (Wildman–Crippen MR) is 63.9 cm³/mol. The predicted octanol–water partition coefficient (Wildman–Crippen LogP) is 0.856. The maximum Gasteiger partial charge on any atom is 0.227 e. The van der Waals surface area contributed by atoms with Gasteiger partial charge < -0.3 is 16.0 Å². The number of amides is 1. The average molecular weight is 226 g/mol. The molecular formula is C11H22N4O. The van der Waals surface area contributed by atoms with Crippen LogP contribution in [0.25, 0.3) is 0 Å². The summed E-state index contributed by atoms with van der Waals surface area (Å²) in [6.45, 7) is 2.96. The van der Waals surface area contributed by atoms with Crippen LogP contribution in [-0.2, 0) is 4.79 Å². The molecule has 4 N–H and O–H groups in total. The zero-order valence-corrected chi connectivity index (χ0v) is 9.96. The zero-order chi connectivity index (χ0) is 12.0. The van der Waals surface area contributed by atoms with Gasteiger partial charge in [-0.3, -0.25) is 10.2 Å². The molecule has 0 unspecified atom stereocenters. The summed E-state index contributed by atoms with van der Waals surface area (Å²) in [5, 5.41) is 9.76. The first-order chi connectivity index (χ1) is 7.65. The topological polar surface area (TPSA) is 82.2 Å². The van der Waals surface area contributed by atoms with E-state index in [4.69, 9.17) is 11.1 Å². The number of nitrogens with two attached hydrogens (primary N) is 1. The molecule has 0 radical (unpaired) electrons. The van der Waals surface area contributed by atoms with Crippen molar-refractivity contribution in [2.24, 2.45) is 11.7 Å². The highest BCUT2D eigenvalue weighted by Crippen LogP contribution is 2.25. The van der Waals surface area contributed by atoms with Crippen LogP contribution in [0.3, 0.4) is 0 Å². The lowest BCUT2D eigenvalue weighted by Crippen LogP contribution is -2.45. The summed E-state index contributed by atoms with van der Waals surface area (Å²) in [4.78, 5) is 13.9. The summed E-state index contributed by atoms with van der Waals surface area (Å²) in [6, 6.07) is 0. The van der Waals surface area contributed by atoms with E-state index in [0.29, 0.717) is 13.2 Å². The van der Waals surface area contributed by atoms with Crippen LogP contribution in [0.2, 0.25) is 0 Å². The summed E-state index contributed by atoms with van der Waals surface area (Å²) in [7, 11) is 0. The minimum absolute atomic E-state index is 0.0881. The van der Waals surface area contributed by atoms with Gasteiger partial charge in [0.2, 0.25) is 5.91 Å². The third kappa shape index (κ3) is 3.72. The molecule has 0 aliphatic heterocycles. The van der Waals surface area contributed by atoms with Crippen LogP contribution in [0, 0.1) is 11.3 Å². The Morgan fingerprint density at radius 3 is 2.56 bits per heavy atom. The van der Waals surface area contributed by atoms with Gasteiger partial charge in [-0.05, 0) is 19.8 Å². The SMILES string of the molecule is CCN(CNC(=N)N)C(=O)C1CCCCC1. The van der Waals surface area contributed by atoms with Crippen molar-refractivity contribution < 1.29 is 4.79 Å². The molecule has 0 atom stereocenters. The van der Waals surface area contributed by atoms with Crippen LogP contribution in [0.4, 0.5) is 0 Å². The lowest BCUT2D eigenvalue weighted by molar-refractivity contribution is -0.136. The van der Waals surface area contributed by atoms with Crippen LogP contribution in [0.5, 0.6) is 0 Å². The first-order valence-corrected chi connectivity index (χ1v) is 6.01. The Morgan fingerprint density at radius 1 is 1.44 bits per heavy atom. The molecule has 1 rings (SSSR count). The van der Waals surface area contributed by atoms with E-state index in [1.54, 1.807) is 4.90 Å². The highest BCUT2D eigenvalue weighted by molar-refractivity contribution is 5.80. The molecule has 0 bridgehead atoms. The van der Waals surface area contributed by atoms with Crippen molar-refractivity contribution in [3.05, 3.63) is 0 Å². The van der Waals surface area contributed by atoms with Crippen molar-refractivity contribution in [2.75, 3.05) is 13.2 Å². The number of carbonyl (C=O) groups is 1. The van der Waals surface area contributed by atoms with Crippen molar-refractivity contribution >= 4 is 11.9 Å². The summed E-state index contributed by atoms with van der Waals surface area (Å²) in [5.41, 5.74) is 5.21. The molecular weight excluding hydrogens is 204 g/mol. The molecule has 0 heterocycles. The van der Waals surface area contributed by atoms with Gasteiger partial charge in [-0.2, -0.15) is 0 Å². The summed E-state index contributed by atoms with van der Waals surface area (Å²) in [5.74, 6) is 0.299. The monoisotopic (exact) mass is 226 g/mol. The molecule has 1 aliphatic rings. The molecule has 0 aromatic heterocycles. The van der Waals surface area contributed by atoms with E-state index in [1.807, 2.05) is 6.92 Å². The molecule has 1 saturated carbocycles. The lowest BCUT2D eigenvalue weighted by Gasteiger charge is -2.28. The third-order valence-corrected chi connectivity index (χ3v) is 3.11. The molecule has 0 saturated heterocycles. The van der Waals surface area contributed by atoms with Crippen LogP contribution < -0.4 is 11.1 Å².